The molecule has 1 amide bonds. The maximum atomic E-state index is 13.4. The molecule has 0 spiro atoms. The number of aromatic amines is 1. The van der Waals surface area contributed by atoms with Crippen molar-refractivity contribution in [2.75, 3.05) is 6.54 Å². The molecule has 0 saturated carbocycles. The largest absolute Gasteiger partial charge is 0.358 e. The Bertz CT molecular complexity index is 853. The number of halogens is 2. The third-order valence-corrected chi connectivity index (χ3v) is 3.85. The van der Waals surface area contributed by atoms with Crippen LogP contribution in [-0.2, 0) is 6.42 Å². The maximum absolute atomic E-state index is 13.4. The second-order valence-electron chi connectivity index (χ2n) is 5.43. The number of carbonyl (C=O) groups is 1. The first-order valence-electron chi connectivity index (χ1n) is 7.35. The lowest BCUT2D eigenvalue weighted by Crippen LogP contribution is -2.25. The summed E-state index contributed by atoms with van der Waals surface area (Å²) in [4.78, 5) is 15.2. The SMILES string of the molecule is Cc1[nH]c2ccc(F)cc2c1CCNC(=O)c1ccc(F)cc1. The topological polar surface area (TPSA) is 44.9 Å². The van der Waals surface area contributed by atoms with Gasteiger partial charge < -0.3 is 10.3 Å². The molecule has 0 atom stereocenters. The summed E-state index contributed by atoms with van der Waals surface area (Å²) in [6, 6.07) is 10.0. The van der Waals surface area contributed by atoms with Crippen LogP contribution in [0.2, 0.25) is 0 Å². The standard InChI is InChI=1S/C18H16F2N2O/c1-11-15(16-10-14(20)6-7-17(16)22-11)8-9-21-18(23)12-2-4-13(19)5-3-12/h2-7,10,22H,8-9H2,1H3,(H,21,23). The lowest BCUT2D eigenvalue weighted by atomic mass is 10.1. The van der Waals surface area contributed by atoms with E-state index in [-0.39, 0.29) is 17.5 Å². The third-order valence-electron chi connectivity index (χ3n) is 3.85. The van der Waals surface area contributed by atoms with Gasteiger partial charge in [0.2, 0.25) is 0 Å². The smallest absolute Gasteiger partial charge is 0.251 e. The molecule has 1 heterocycles. The van der Waals surface area contributed by atoms with Gasteiger partial charge in [0, 0.05) is 28.7 Å². The average molecular weight is 314 g/mol. The zero-order valence-electron chi connectivity index (χ0n) is 12.6. The summed E-state index contributed by atoms with van der Waals surface area (Å²) in [5.41, 5.74) is 3.23. The van der Waals surface area contributed by atoms with Crippen LogP contribution in [0, 0.1) is 18.6 Å². The number of hydrogen-bond acceptors (Lipinski definition) is 1. The van der Waals surface area contributed by atoms with Crippen LogP contribution in [0.3, 0.4) is 0 Å². The van der Waals surface area contributed by atoms with Crippen LogP contribution in [0.5, 0.6) is 0 Å². The quantitative estimate of drug-likeness (QED) is 0.757. The van der Waals surface area contributed by atoms with Gasteiger partial charge in [-0.2, -0.15) is 0 Å². The zero-order valence-corrected chi connectivity index (χ0v) is 12.6. The van der Waals surface area contributed by atoms with Crippen molar-refractivity contribution >= 4 is 16.8 Å². The molecule has 0 aliphatic rings. The van der Waals surface area contributed by atoms with Crippen molar-refractivity contribution in [1.29, 1.82) is 0 Å². The van der Waals surface area contributed by atoms with E-state index in [1.165, 1.54) is 36.4 Å². The molecule has 0 fully saturated rings. The molecule has 0 aliphatic carbocycles. The minimum absolute atomic E-state index is 0.256. The van der Waals surface area contributed by atoms with Crippen molar-refractivity contribution < 1.29 is 13.6 Å². The monoisotopic (exact) mass is 314 g/mol. The highest BCUT2D eigenvalue weighted by Gasteiger charge is 2.10. The molecular weight excluding hydrogens is 298 g/mol. The van der Waals surface area contributed by atoms with E-state index in [1.54, 1.807) is 6.07 Å². The first-order valence-corrected chi connectivity index (χ1v) is 7.35. The fourth-order valence-corrected chi connectivity index (χ4v) is 2.68. The van der Waals surface area contributed by atoms with Crippen molar-refractivity contribution in [3.8, 4) is 0 Å². The van der Waals surface area contributed by atoms with E-state index in [0.29, 0.717) is 18.5 Å². The zero-order chi connectivity index (χ0) is 16.4. The molecule has 3 aromatic rings. The summed E-state index contributed by atoms with van der Waals surface area (Å²) in [5, 5.41) is 3.63. The van der Waals surface area contributed by atoms with E-state index in [1.807, 2.05) is 6.92 Å². The number of nitrogens with one attached hydrogen (secondary N) is 2. The summed E-state index contributed by atoms with van der Waals surface area (Å²) in [6.07, 6.45) is 0.586. The van der Waals surface area contributed by atoms with Gasteiger partial charge in [0.25, 0.3) is 5.91 Å². The number of benzene rings is 2. The lowest BCUT2D eigenvalue weighted by Gasteiger charge is -2.06. The van der Waals surface area contributed by atoms with Crippen LogP contribution in [0.1, 0.15) is 21.6 Å². The Morgan fingerprint density at radius 2 is 1.78 bits per heavy atom. The Morgan fingerprint density at radius 1 is 1.09 bits per heavy atom. The van der Waals surface area contributed by atoms with Crippen LogP contribution in [-0.4, -0.2) is 17.4 Å². The second kappa shape index (κ2) is 6.20. The van der Waals surface area contributed by atoms with Crippen molar-refractivity contribution in [3.05, 3.63) is 70.9 Å². The Labute approximate surface area is 132 Å². The van der Waals surface area contributed by atoms with E-state index < -0.39 is 0 Å². The molecule has 2 N–H and O–H groups in total. The summed E-state index contributed by atoms with van der Waals surface area (Å²) in [6.45, 7) is 2.34. The van der Waals surface area contributed by atoms with E-state index in [0.717, 1.165) is 22.2 Å². The number of carbonyl (C=O) groups excluding carboxylic acids is 1. The van der Waals surface area contributed by atoms with Gasteiger partial charge in [-0.3, -0.25) is 4.79 Å². The van der Waals surface area contributed by atoms with Crippen molar-refractivity contribution in [1.82, 2.24) is 10.3 Å². The molecular formula is C18H16F2N2O. The van der Waals surface area contributed by atoms with Crippen LogP contribution < -0.4 is 5.32 Å². The number of rotatable bonds is 4. The van der Waals surface area contributed by atoms with Gasteiger partial charge in [0.1, 0.15) is 11.6 Å². The molecule has 0 saturated heterocycles. The van der Waals surface area contributed by atoms with E-state index >= 15 is 0 Å². The van der Waals surface area contributed by atoms with Crippen LogP contribution >= 0.6 is 0 Å². The maximum Gasteiger partial charge on any atom is 0.251 e. The van der Waals surface area contributed by atoms with Gasteiger partial charge >= 0.3 is 0 Å². The minimum atomic E-state index is -0.377. The van der Waals surface area contributed by atoms with Crippen LogP contribution in [0.15, 0.2) is 42.5 Å². The molecule has 1 aromatic heterocycles. The van der Waals surface area contributed by atoms with Gasteiger partial charge in [-0.25, -0.2) is 8.78 Å². The summed E-state index contributed by atoms with van der Waals surface area (Å²) >= 11 is 0. The third kappa shape index (κ3) is 3.23. The predicted octanol–water partition coefficient (Wildman–Crippen LogP) is 3.73. The summed E-state index contributed by atoms with van der Waals surface area (Å²) in [5.74, 6) is -0.917. The van der Waals surface area contributed by atoms with Gasteiger partial charge in [-0.1, -0.05) is 0 Å². The molecule has 23 heavy (non-hydrogen) atoms. The highest BCUT2D eigenvalue weighted by Crippen LogP contribution is 2.23. The van der Waals surface area contributed by atoms with E-state index in [9.17, 15) is 13.6 Å². The highest BCUT2D eigenvalue weighted by molar-refractivity contribution is 5.94. The van der Waals surface area contributed by atoms with Crippen molar-refractivity contribution in [3.63, 3.8) is 0 Å². The number of amides is 1. The van der Waals surface area contributed by atoms with E-state index in [4.69, 9.17) is 0 Å². The normalized spacial score (nSPS) is 10.9. The Balaban J connectivity index is 1.69. The Morgan fingerprint density at radius 3 is 2.52 bits per heavy atom. The summed E-state index contributed by atoms with van der Waals surface area (Å²) in [7, 11) is 0. The molecule has 0 unspecified atom stereocenters. The van der Waals surface area contributed by atoms with Crippen LogP contribution in [0.4, 0.5) is 8.78 Å². The lowest BCUT2D eigenvalue weighted by molar-refractivity contribution is 0.0954. The van der Waals surface area contributed by atoms with E-state index in [2.05, 4.69) is 10.3 Å². The van der Waals surface area contributed by atoms with Crippen molar-refractivity contribution in [2.45, 2.75) is 13.3 Å². The number of hydrogen-bond donors (Lipinski definition) is 2. The number of aromatic nitrogens is 1. The Hall–Kier alpha value is -2.69. The van der Waals surface area contributed by atoms with Gasteiger partial charge in [0.15, 0.2) is 0 Å². The summed E-state index contributed by atoms with van der Waals surface area (Å²) < 4.78 is 26.3. The fraction of sp³-hybridized carbons (Fsp3) is 0.167. The van der Waals surface area contributed by atoms with Gasteiger partial charge in [-0.15, -0.1) is 0 Å². The molecule has 5 heteroatoms. The molecule has 2 aromatic carbocycles. The fourth-order valence-electron chi connectivity index (χ4n) is 2.68. The molecule has 0 bridgehead atoms. The highest BCUT2D eigenvalue weighted by atomic mass is 19.1. The number of fused-ring (bicyclic) bond motifs is 1. The molecule has 0 aliphatic heterocycles. The van der Waals surface area contributed by atoms with Crippen LogP contribution in [0.25, 0.3) is 10.9 Å². The Kier molecular flexibility index (Phi) is 4.10. The first-order chi connectivity index (χ1) is 11.0. The average Bonchev–Trinajstić information content (AvgIpc) is 2.83. The molecule has 118 valence electrons. The number of H-pyrrole nitrogens is 1. The molecule has 3 rings (SSSR count). The minimum Gasteiger partial charge on any atom is -0.358 e. The number of aryl methyl sites for hydroxylation is 1. The second-order valence-corrected chi connectivity index (χ2v) is 5.43. The molecule has 0 radical (unpaired) electrons. The molecule has 3 nitrogen and oxygen atoms in total. The van der Waals surface area contributed by atoms with Gasteiger partial charge in [-0.05, 0) is 61.4 Å². The first kappa shape index (κ1) is 15.2. The van der Waals surface area contributed by atoms with Gasteiger partial charge in [0.05, 0.1) is 0 Å². The predicted molar refractivity (Wildman–Crippen MR) is 85.4 cm³/mol. The van der Waals surface area contributed by atoms with Crippen molar-refractivity contribution in [2.24, 2.45) is 0 Å².